The fourth-order valence-electron chi connectivity index (χ4n) is 2.75. The maximum Gasteiger partial charge on any atom is 0.306 e. The van der Waals surface area contributed by atoms with Gasteiger partial charge in [-0.2, -0.15) is 0 Å². The largest absolute Gasteiger partial charge is 0.464 e. The molecule has 0 saturated carbocycles. The van der Waals surface area contributed by atoms with Gasteiger partial charge in [-0.3, -0.25) is 14.5 Å². The third-order valence-corrected chi connectivity index (χ3v) is 4.09. The number of morpholine rings is 1. The summed E-state index contributed by atoms with van der Waals surface area (Å²) in [5.41, 5.74) is 0. The molecule has 2 aliphatic heterocycles. The zero-order valence-electron chi connectivity index (χ0n) is 12.3. The molecule has 0 aliphatic carbocycles. The number of ether oxygens (including phenoxy) is 2. The van der Waals surface area contributed by atoms with E-state index in [9.17, 15) is 14.7 Å². The van der Waals surface area contributed by atoms with E-state index < -0.39 is 6.23 Å². The lowest BCUT2D eigenvalue weighted by Gasteiger charge is -2.33. The van der Waals surface area contributed by atoms with Crippen LogP contribution in [0.3, 0.4) is 0 Å². The average molecular weight is 300 g/mol. The lowest BCUT2D eigenvalue weighted by molar-refractivity contribution is -0.147. The number of rotatable bonds is 6. The van der Waals surface area contributed by atoms with Crippen LogP contribution in [0.15, 0.2) is 0 Å². The Morgan fingerprint density at radius 2 is 2.10 bits per heavy atom. The predicted octanol–water partition coefficient (Wildman–Crippen LogP) is -0.561. The minimum absolute atomic E-state index is 0.0899. The van der Waals surface area contributed by atoms with Crippen molar-refractivity contribution >= 4 is 12.4 Å². The first-order chi connectivity index (χ1) is 10.2. The Morgan fingerprint density at radius 3 is 2.76 bits per heavy atom. The summed E-state index contributed by atoms with van der Waals surface area (Å²) in [6.45, 7) is 4.87. The number of esters is 1. The summed E-state index contributed by atoms with van der Waals surface area (Å²) < 4.78 is 10.5. The Bertz CT molecular complexity index is 346. The Hall–Kier alpha value is -1.18. The van der Waals surface area contributed by atoms with E-state index in [4.69, 9.17) is 9.47 Å². The van der Waals surface area contributed by atoms with Gasteiger partial charge in [0.15, 0.2) is 0 Å². The van der Waals surface area contributed by atoms with Gasteiger partial charge in [-0.05, 0) is 18.8 Å². The van der Waals surface area contributed by atoms with Crippen molar-refractivity contribution in [3.63, 3.8) is 0 Å². The molecule has 1 amide bonds. The smallest absolute Gasteiger partial charge is 0.306 e. The average Bonchev–Trinajstić information content (AvgIpc) is 2.48. The van der Waals surface area contributed by atoms with Crippen LogP contribution in [0.2, 0.25) is 0 Å². The zero-order valence-corrected chi connectivity index (χ0v) is 12.3. The summed E-state index contributed by atoms with van der Waals surface area (Å²) in [6, 6.07) is 0. The molecule has 7 nitrogen and oxygen atoms in total. The van der Waals surface area contributed by atoms with Gasteiger partial charge in [-0.25, -0.2) is 0 Å². The maximum atomic E-state index is 11.8. The van der Waals surface area contributed by atoms with Gasteiger partial charge in [-0.1, -0.05) is 0 Å². The topological polar surface area (TPSA) is 79.3 Å². The van der Waals surface area contributed by atoms with Gasteiger partial charge in [0.25, 0.3) is 0 Å². The number of amides is 1. The van der Waals surface area contributed by atoms with E-state index in [0.717, 1.165) is 39.3 Å². The van der Waals surface area contributed by atoms with Crippen molar-refractivity contribution < 1.29 is 24.2 Å². The summed E-state index contributed by atoms with van der Waals surface area (Å²) >= 11 is 0. The van der Waals surface area contributed by atoms with Gasteiger partial charge in [0.05, 0.1) is 13.2 Å². The quantitative estimate of drug-likeness (QED) is 0.523. The third kappa shape index (κ3) is 5.26. The summed E-state index contributed by atoms with van der Waals surface area (Å²) in [6.07, 6.45) is 1.36. The molecule has 2 fully saturated rings. The summed E-state index contributed by atoms with van der Waals surface area (Å²) in [4.78, 5) is 26.0. The van der Waals surface area contributed by atoms with Gasteiger partial charge in [0.2, 0.25) is 6.41 Å². The maximum absolute atomic E-state index is 11.8. The van der Waals surface area contributed by atoms with Gasteiger partial charge in [0.1, 0.15) is 12.8 Å². The number of hydrogen-bond donors (Lipinski definition) is 1. The lowest BCUT2D eigenvalue weighted by atomic mass is 9.93. The standard InChI is InChI=1S/C14H24N2O5/c17-11-16-2-1-12(9-13(16)18)10-14(19)21-8-5-15-3-6-20-7-4-15/h11-13,18H,1-10H2. The van der Waals surface area contributed by atoms with Crippen molar-refractivity contribution in [3.8, 4) is 0 Å². The molecule has 21 heavy (non-hydrogen) atoms. The van der Waals surface area contributed by atoms with Crippen molar-refractivity contribution in [2.75, 3.05) is 46.0 Å². The first-order valence-electron chi connectivity index (χ1n) is 7.54. The third-order valence-electron chi connectivity index (χ3n) is 4.09. The number of carbonyl (C=O) groups is 2. The van der Waals surface area contributed by atoms with Crippen molar-refractivity contribution in [2.24, 2.45) is 5.92 Å². The van der Waals surface area contributed by atoms with Crippen LogP contribution in [0.25, 0.3) is 0 Å². The fraction of sp³-hybridized carbons (Fsp3) is 0.857. The van der Waals surface area contributed by atoms with Crippen LogP contribution in [0, 0.1) is 5.92 Å². The molecule has 2 unspecified atom stereocenters. The molecular formula is C14H24N2O5. The molecule has 0 bridgehead atoms. The highest BCUT2D eigenvalue weighted by Crippen LogP contribution is 2.23. The molecule has 2 saturated heterocycles. The Kier molecular flexibility index (Phi) is 6.41. The highest BCUT2D eigenvalue weighted by molar-refractivity contribution is 5.69. The van der Waals surface area contributed by atoms with Crippen molar-refractivity contribution in [3.05, 3.63) is 0 Å². The molecule has 1 N–H and O–H groups in total. The number of hydrogen-bond acceptors (Lipinski definition) is 6. The normalized spacial score (nSPS) is 27.4. The van der Waals surface area contributed by atoms with Crippen LogP contribution >= 0.6 is 0 Å². The lowest BCUT2D eigenvalue weighted by Crippen LogP contribution is -2.42. The van der Waals surface area contributed by atoms with E-state index in [1.54, 1.807) is 0 Å². The number of piperidine rings is 1. The van der Waals surface area contributed by atoms with Crippen molar-refractivity contribution in [2.45, 2.75) is 25.5 Å². The molecule has 2 aliphatic rings. The number of nitrogens with zero attached hydrogens (tertiary/aromatic N) is 2. The number of likely N-dealkylation sites (tertiary alicyclic amines) is 1. The number of aliphatic hydroxyl groups excluding tert-OH is 1. The van der Waals surface area contributed by atoms with Crippen LogP contribution in [0.4, 0.5) is 0 Å². The van der Waals surface area contributed by atoms with Crippen molar-refractivity contribution in [1.82, 2.24) is 9.80 Å². The van der Waals surface area contributed by atoms with Crippen LogP contribution in [0.1, 0.15) is 19.3 Å². The molecule has 120 valence electrons. The molecular weight excluding hydrogens is 276 g/mol. The van der Waals surface area contributed by atoms with Crippen LogP contribution in [0.5, 0.6) is 0 Å². The zero-order chi connectivity index (χ0) is 15.1. The summed E-state index contributed by atoms with van der Waals surface area (Å²) in [5, 5.41) is 9.72. The predicted molar refractivity (Wildman–Crippen MR) is 74.3 cm³/mol. The van der Waals surface area contributed by atoms with E-state index >= 15 is 0 Å². The molecule has 2 heterocycles. The van der Waals surface area contributed by atoms with Gasteiger partial charge in [-0.15, -0.1) is 0 Å². The van der Waals surface area contributed by atoms with Gasteiger partial charge < -0.3 is 19.5 Å². The second-order valence-electron chi connectivity index (χ2n) is 5.59. The minimum atomic E-state index is -0.776. The summed E-state index contributed by atoms with van der Waals surface area (Å²) in [5.74, 6) is -0.132. The summed E-state index contributed by atoms with van der Waals surface area (Å²) in [7, 11) is 0. The Morgan fingerprint density at radius 1 is 1.33 bits per heavy atom. The molecule has 2 atom stereocenters. The van der Waals surface area contributed by atoms with E-state index in [1.165, 1.54) is 4.90 Å². The van der Waals surface area contributed by atoms with E-state index in [1.807, 2.05) is 0 Å². The van der Waals surface area contributed by atoms with Crippen molar-refractivity contribution in [1.29, 1.82) is 0 Å². The minimum Gasteiger partial charge on any atom is -0.464 e. The molecule has 0 aromatic carbocycles. The molecule has 7 heteroatoms. The van der Waals surface area contributed by atoms with Crippen LogP contribution < -0.4 is 0 Å². The molecule has 0 aromatic heterocycles. The second kappa shape index (κ2) is 8.31. The van der Waals surface area contributed by atoms with Crippen LogP contribution in [-0.2, 0) is 19.1 Å². The Labute approximate surface area is 124 Å². The first-order valence-corrected chi connectivity index (χ1v) is 7.54. The highest BCUT2D eigenvalue weighted by Gasteiger charge is 2.27. The van der Waals surface area contributed by atoms with E-state index in [-0.39, 0.29) is 11.9 Å². The molecule has 2 rings (SSSR count). The highest BCUT2D eigenvalue weighted by atomic mass is 16.5. The number of aliphatic hydroxyl groups is 1. The molecule has 0 spiro atoms. The van der Waals surface area contributed by atoms with E-state index in [2.05, 4.69) is 4.90 Å². The number of carbonyl (C=O) groups excluding carboxylic acids is 2. The fourth-order valence-corrected chi connectivity index (χ4v) is 2.75. The molecule has 0 radical (unpaired) electrons. The SMILES string of the molecule is O=CN1CCC(CC(=O)OCCN2CCOCC2)CC1O. The first kappa shape index (κ1) is 16.2. The van der Waals surface area contributed by atoms with E-state index in [0.29, 0.717) is 32.4 Å². The molecule has 0 aromatic rings. The monoisotopic (exact) mass is 300 g/mol. The van der Waals surface area contributed by atoms with Gasteiger partial charge in [0, 0.05) is 32.6 Å². The second-order valence-corrected chi connectivity index (χ2v) is 5.59. The van der Waals surface area contributed by atoms with Gasteiger partial charge >= 0.3 is 5.97 Å². The Balaban J connectivity index is 1.60. The van der Waals surface area contributed by atoms with Crippen LogP contribution in [-0.4, -0.2) is 79.5 Å².